The summed E-state index contributed by atoms with van der Waals surface area (Å²) in [6.07, 6.45) is 2.73. The van der Waals surface area contributed by atoms with E-state index in [-0.39, 0.29) is 0 Å². The average Bonchev–Trinajstić information content (AvgIpc) is 2.62. The third-order valence-corrected chi connectivity index (χ3v) is 3.52. The molecule has 1 aromatic carbocycles. The van der Waals surface area contributed by atoms with Gasteiger partial charge in [0.05, 0.1) is 0 Å². The minimum Gasteiger partial charge on any atom is -0.295 e. The lowest BCUT2D eigenvalue weighted by molar-refractivity contribution is -0.114. The van der Waals surface area contributed by atoms with Crippen LogP contribution in [0.2, 0.25) is 0 Å². The summed E-state index contributed by atoms with van der Waals surface area (Å²) < 4.78 is 0. The minimum absolute atomic E-state index is 0.343. The Labute approximate surface area is 97.2 Å². The number of ketones is 1. The van der Waals surface area contributed by atoms with E-state index in [1.807, 2.05) is 13.0 Å². The molecular formula is C15H18O. The molecule has 0 N–H and O–H groups in total. The van der Waals surface area contributed by atoms with Crippen molar-refractivity contribution in [3.63, 3.8) is 0 Å². The monoisotopic (exact) mass is 214 g/mol. The SMILES string of the molecule is CC1=C(CC(C)c2ccccc2)CCC1=O. The lowest BCUT2D eigenvalue weighted by Crippen LogP contribution is -1.96. The molecule has 1 aliphatic carbocycles. The zero-order chi connectivity index (χ0) is 11.5. The number of rotatable bonds is 3. The molecule has 0 radical (unpaired) electrons. The Morgan fingerprint density at radius 2 is 1.88 bits per heavy atom. The van der Waals surface area contributed by atoms with Crippen LogP contribution >= 0.6 is 0 Å². The number of hydrogen-bond acceptors (Lipinski definition) is 1. The summed E-state index contributed by atoms with van der Waals surface area (Å²) in [5.41, 5.74) is 3.74. The van der Waals surface area contributed by atoms with Crippen LogP contribution in [0.15, 0.2) is 41.5 Å². The number of hydrogen-bond donors (Lipinski definition) is 0. The Bertz CT molecular complexity index is 414. The van der Waals surface area contributed by atoms with E-state index in [1.54, 1.807) is 0 Å². The van der Waals surface area contributed by atoms with E-state index in [0.717, 1.165) is 24.8 Å². The number of carbonyl (C=O) groups is 1. The topological polar surface area (TPSA) is 17.1 Å². The standard InChI is InChI=1S/C15H18O/c1-11(13-6-4-3-5-7-13)10-14-8-9-15(16)12(14)2/h3-7,11H,8-10H2,1-2H3. The van der Waals surface area contributed by atoms with Crippen LogP contribution in [0.25, 0.3) is 0 Å². The van der Waals surface area contributed by atoms with Gasteiger partial charge in [-0.15, -0.1) is 0 Å². The smallest absolute Gasteiger partial charge is 0.158 e. The highest BCUT2D eigenvalue weighted by molar-refractivity contribution is 5.98. The Balaban J connectivity index is 2.09. The fraction of sp³-hybridized carbons (Fsp3) is 0.400. The normalized spacial score (nSPS) is 18.0. The molecule has 1 atom stereocenters. The van der Waals surface area contributed by atoms with Crippen LogP contribution in [0, 0.1) is 0 Å². The molecule has 1 heteroatoms. The highest BCUT2D eigenvalue weighted by Gasteiger charge is 2.20. The van der Waals surface area contributed by atoms with Crippen LogP contribution in [0.3, 0.4) is 0 Å². The van der Waals surface area contributed by atoms with Crippen LogP contribution in [-0.4, -0.2) is 5.78 Å². The van der Waals surface area contributed by atoms with Crippen molar-refractivity contribution in [2.45, 2.75) is 39.0 Å². The summed E-state index contributed by atoms with van der Waals surface area (Å²) in [6, 6.07) is 10.5. The Morgan fingerprint density at radius 3 is 2.44 bits per heavy atom. The zero-order valence-corrected chi connectivity index (χ0v) is 9.99. The van der Waals surface area contributed by atoms with Gasteiger partial charge in [0, 0.05) is 6.42 Å². The van der Waals surface area contributed by atoms with Crippen molar-refractivity contribution in [2.75, 3.05) is 0 Å². The van der Waals surface area contributed by atoms with Crippen molar-refractivity contribution in [3.8, 4) is 0 Å². The Kier molecular flexibility index (Phi) is 3.23. The number of carbonyl (C=O) groups excluding carboxylic acids is 1. The first kappa shape index (κ1) is 11.1. The molecule has 1 nitrogen and oxygen atoms in total. The molecule has 1 unspecified atom stereocenters. The van der Waals surface area contributed by atoms with E-state index in [4.69, 9.17) is 0 Å². The van der Waals surface area contributed by atoms with Crippen molar-refractivity contribution in [1.82, 2.24) is 0 Å². The van der Waals surface area contributed by atoms with Gasteiger partial charge in [-0.3, -0.25) is 4.79 Å². The largest absolute Gasteiger partial charge is 0.295 e. The lowest BCUT2D eigenvalue weighted by Gasteiger charge is -2.13. The summed E-state index contributed by atoms with van der Waals surface area (Å²) in [4.78, 5) is 11.4. The average molecular weight is 214 g/mol. The van der Waals surface area contributed by atoms with Crippen LogP contribution in [0.4, 0.5) is 0 Å². The van der Waals surface area contributed by atoms with E-state index in [1.165, 1.54) is 11.1 Å². The molecule has 0 aliphatic heterocycles. The third kappa shape index (κ3) is 2.24. The fourth-order valence-electron chi connectivity index (χ4n) is 2.36. The third-order valence-electron chi connectivity index (χ3n) is 3.52. The van der Waals surface area contributed by atoms with Crippen LogP contribution < -0.4 is 0 Å². The molecule has 0 spiro atoms. The van der Waals surface area contributed by atoms with E-state index in [9.17, 15) is 4.79 Å². The van der Waals surface area contributed by atoms with Gasteiger partial charge in [-0.2, -0.15) is 0 Å². The maximum absolute atomic E-state index is 11.4. The van der Waals surface area contributed by atoms with Gasteiger partial charge >= 0.3 is 0 Å². The summed E-state index contributed by atoms with van der Waals surface area (Å²) in [5.74, 6) is 0.854. The summed E-state index contributed by atoms with van der Waals surface area (Å²) in [6.45, 7) is 4.21. The second kappa shape index (κ2) is 4.65. The number of benzene rings is 1. The van der Waals surface area contributed by atoms with Crippen LogP contribution in [0.5, 0.6) is 0 Å². The number of allylic oxidation sites excluding steroid dienone is 2. The van der Waals surface area contributed by atoms with Gasteiger partial charge in [0.1, 0.15) is 0 Å². The van der Waals surface area contributed by atoms with Gasteiger partial charge in [-0.1, -0.05) is 42.8 Å². The summed E-state index contributed by atoms with van der Waals surface area (Å²) >= 11 is 0. The predicted molar refractivity (Wildman–Crippen MR) is 66.4 cm³/mol. The highest BCUT2D eigenvalue weighted by Crippen LogP contribution is 2.31. The van der Waals surface area contributed by atoms with Crippen molar-refractivity contribution >= 4 is 5.78 Å². The molecule has 0 heterocycles. The van der Waals surface area contributed by atoms with Crippen molar-refractivity contribution in [1.29, 1.82) is 0 Å². The first-order chi connectivity index (χ1) is 7.68. The molecule has 2 rings (SSSR count). The maximum Gasteiger partial charge on any atom is 0.158 e. The molecule has 0 saturated heterocycles. The number of Topliss-reactive ketones (excluding diaryl/α,β-unsaturated/α-hetero) is 1. The molecule has 0 saturated carbocycles. The van der Waals surface area contributed by atoms with Gasteiger partial charge < -0.3 is 0 Å². The van der Waals surface area contributed by atoms with Gasteiger partial charge in [0.15, 0.2) is 5.78 Å². The predicted octanol–water partition coefficient (Wildman–Crippen LogP) is 3.86. The second-order valence-corrected chi connectivity index (χ2v) is 4.67. The molecule has 0 aromatic heterocycles. The van der Waals surface area contributed by atoms with E-state index < -0.39 is 0 Å². The molecular weight excluding hydrogens is 196 g/mol. The second-order valence-electron chi connectivity index (χ2n) is 4.67. The van der Waals surface area contributed by atoms with Crippen LogP contribution in [-0.2, 0) is 4.79 Å². The highest BCUT2D eigenvalue weighted by atomic mass is 16.1. The first-order valence-corrected chi connectivity index (χ1v) is 5.95. The fourth-order valence-corrected chi connectivity index (χ4v) is 2.36. The quantitative estimate of drug-likeness (QED) is 0.746. The van der Waals surface area contributed by atoms with Gasteiger partial charge in [0.25, 0.3) is 0 Å². The molecule has 0 amide bonds. The molecule has 16 heavy (non-hydrogen) atoms. The molecule has 0 fully saturated rings. The molecule has 0 bridgehead atoms. The first-order valence-electron chi connectivity index (χ1n) is 5.95. The van der Waals surface area contributed by atoms with Gasteiger partial charge in [-0.05, 0) is 36.8 Å². The van der Waals surface area contributed by atoms with E-state index in [0.29, 0.717) is 11.7 Å². The van der Waals surface area contributed by atoms with E-state index in [2.05, 4.69) is 31.2 Å². The summed E-state index contributed by atoms with van der Waals surface area (Å²) in [5, 5.41) is 0. The molecule has 1 aliphatic rings. The lowest BCUT2D eigenvalue weighted by atomic mass is 9.92. The van der Waals surface area contributed by atoms with E-state index >= 15 is 0 Å². The molecule has 84 valence electrons. The van der Waals surface area contributed by atoms with Crippen LogP contribution in [0.1, 0.15) is 44.6 Å². The maximum atomic E-state index is 11.4. The Morgan fingerprint density at radius 1 is 1.19 bits per heavy atom. The van der Waals surface area contributed by atoms with Gasteiger partial charge in [-0.25, -0.2) is 0 Å². The van der Waals surface area contributed by atoms with Crippen molar-refractivity contribution in [3.05, 3.63) is 47.0 Å². The Hall–Kier alpha value is -1.37. The summed E-state index contributed by atoms with van der Waals surface area (Å²) in [7, 11) is 0. The van der Waals surface area contributed by atoms with Gasteiger partial charge in [0.2, 0.25) is 0 Å². The van der Waals surface area contributed by atoms with Crippen molar-refractivity contribution in [2.24, 2.45) is 0 Å². The minimum atomic E-state index is 0.343. The zero-order valence-electron chi connectivity index (χ0n) is 9.99. The molecule has 1 aromatic rings. The van der Waals surface area contributed by atoms with Crippen molar-refractivity contribution < 1.29 is 4.79 Å².